The lowest BCUT2D eigenvalue weighted by Crippen LogP contribution is -2.27. The van der Waals surface area contributed by atoms with Crippen LogP contribution >= 0.6 is 23.2 Å². The number of anilines is 1. The highest BCUT2D eigenvalue weighted by Gasteiger charge is 2.10. The first-order valence-electron chi connectivity index (χ1n) is 7.41. The molecule has 2 rings (SSSR count). The SMILES string of the molecule is O=[N+]([O-])c1ccc(O)c(N=Nc2ccc(N(CCCl)CCCl)cc2)c1. The topological polar surface area (TPSA) is 91.3 Å². The number of nitro benzene ring substituents is 1. The summed E-state index contributed by atoms with van der Waals surface area (Å²) in [6.45, 7) is 1.35. The number of aromatic hydroxyl groups is 1. The van der Waals surface area contributed by atoms with Crippen LogP contribution in [-0.2, 0) is 0 Å². The Bertz CT molecular complexity index is 748. The Kier molecular flexibility index (Phi) is 6.97. The van der Waals surface area contributed by atoms with Crippen molar-refractivity contribution in [2.45, 2.75) is 0 Å². The van der Waals surface area contributed by atoms with Crippen molar-refractivity contribution in [1.82, 2.24) is 0 Å². The van der Waals surface area contributed by atoms with Crippen LogP contribution in [0.5, 0.6) is 5.75 Å². The van der Waals surface area contributed by atoms with Gasteiger partial charge in [0.15, 0.2) is 0 Å². The standard InChI is InChI=1S/C16H16Cl2N4O3/c17-7-9-21(10-8-18)13-3-1-12(2-4-13)19-20-15-11-14(22(24)25)5-6-16(15)23/h1-6,11,23H,7-10H2. The van der Waals surface area contributed by atoms with Gasteiger partial charge in [-0.25, -0.2) is 0 Å². The fraction of sp³-hybridized carbons (Fsp3) is 0.250. The van der Waals surface area contributed by atoms with E-state index in [1.165, 1.54) is 12.1 Å². The van der Waals surface area contributed by atoms with Gasteiger partial charge in [-0.1, -0.05) is 0 Å². The van der Waals surface area contributed by atoms with Crippen molar-refractivity contribution in [2.24, 2.45) is 10.2 Å². The first-order valence-corrected chi connectivity index (χ1v) is 8.48. The van der Waals surface area contributed by atoms with E-state index < -0.39 is 4.92 Å². The number of halogens is 2. The minimum atomic E-state index is -0.560. The van der Waals surface area contributed by atoms with Crippen LogP contribution in [0, 0.1) is 10.1 Å². The van der Waals surface area contributed by atoms with Crippen LogP contribution in [0.2, 0.25) is 0 Å². The van der Waals surface area contributed by atoms with Crippen molar-refractivity contribution < 1.29 is 10.0 Å². The second kappa shape index (κ2) is 9.19. The van der Waals surface area contributed by atoms with E-state index in [-0.39, 0.29) is 17.1 Å². The van der Waals surface area contributed by atoms with E-state index in [0.29, 0.717) is 30.5 Å². The molecule has 9 heteroatoms. The molecule has 2 aromatic carbocycles. The molecule has 0 amide bonds. The molecule has 0 aliphatic carbocycles. The smallest absolute Gasteiger partial charge is 0.271 e. The zero-order chi connectivity index (χ0) is 18.2. The molecular weight excluding hydrogens is 367 g/mol. The van der Waals surface area contributed by atoms with Crippen LogP contribution in [-0.4, -0.2) is 34.9 Å². The molecule has 0 aliphatic heterocycles. The fourth-order valence-electron chi connectivity index (χ4n) is 2.12. The van der Waals surface area contributed by atoms with Crippen LogP contribution in [0.3, 0.4) is 0 Å². The number of hydrogen-bond donors (Lipinski definition) is 1. The number of azo groups is 1. The van der Waals surface area contributed by atoms with Crippen molar-refractivity contribution in [1.29, 1.82) is 0 Å². The second-order valence-electron chi connectivity index (χ2n) is 5.01. The number of non-ortho nitro benzene ring substituents is 1. The van der Waals surface area contributed by atoms with E-state index in [0.717, 1.165) is 11.8 Å². The maximum Gasteiger partial charge on any atom is 0.271 e. The molecule has 0 radical (unpaired) electrons. The maximum absolute atomic E-state index is 10.8. The summed E-state index contributed by atoms with van der Waals surface area (Å²) in [6, 6.07) is 10.8. The molecule has 7 nitrogen and oxygen atoms in total. The average molecular weight is 383 g/mol. The van der Waals surface area contributed by atoms with E-state index in [1.54, 1.807) is 12.1 Å². The van der Waals surface area contributed by atoms with E-state index in [2.05, 4.69) is 10.2 Å². The predicted molar refractivity (Wildman–Crippen MR) is 99.0 cm³/mol. The molecule has 0 bridgehead atoms. The van der Waals surface area contributed by atoms with Crippen LogP contribution in [0.25, 0.3) is 0 Å². The molecular formula is C16H16Cl2N4O3. The monoisotopic (exact) mass is 382 g/mol. The Balaban J connectivity index is 2.17. The Morgan fingerprint density at radius 3 is 2.24 bits per heavy atom. The first-order chi connectivity index (χ1) is 12.0. The van der Waals surface area contributed by atoms with Crippen LogP contribution in [0.4, 0.5) is 22.7 Å². The Morgan fingerprint density at radius 1 is 1.04 bits per heavy atom. The number of nitro groups is 1. The van der Waals surface area contributed by atoms with Gasteiger partial charge in [-0.15, -0.1) is 28.3 Å². The van der Waals surface area contributed by atoms with Gasteiger partial charge in [-0.2, -0.15) is 5.11 Å². The predicted octanol–water partition coefficient (Wildman–Crippen LogP) is 5.00. The average Bonchev–Trinajstić information content (AvgIpc) is 2.61. The van der Waals surface area contributed by atoms with Crippen molar-refractivity contribution in [3.8, 4) is 5.75 Å². The largest absolute Gasteiger partial charge is 0.506 e. The molecule has 0 saturated carbocycles. The number of alkyl halides is 2. The van der Waals surface area contributed by atoms with Crippen molar-refractivity contribution in [2.75, 3.05) is 29.7 Å². The quantitative estimate of drug-likeness (QED) is 0.301. The van der Waals surface area contributed by atoms with Gasteiger partial charge in [0, 0.05) is 42.7 Å². The molecule has 0 spiro atoms. The van der Waals surface area contributed by atoms with E-state index in [9.17, 15) is 15.2 Å². The molecule has 0 aromatic heterocycles. The zero-order valence-corrected chi connectivity index (χ0v) is 14.7. The molecule has 25 heavy (non-hydrogen) atoms. The van der Waals surface area contributed by atoms with Gasteiger partial charge in [-0.3, -0.25) is 10.1 Å². The number of nitrogens with zero attached hydrogens (tertiary/aromatic N) is 4. The summed E-state index contributed by atoms with van der Waals surface area (Å²) in [5.41, 5.74) is 1.37. The number of phenols is 1. The minimum absolute atomic E-state index is 0.0317. The van der Waals surface area contributed by atoms with Gasteiger partial charge in [0.2, 0.25) is 0 Å². The second-order valence-corrected chi connectivity index (χ2v) is 5.77. The highest BCUT2D eigenvalue weighted by atomic mass is 35.5. The van der Waals surface area contributed by atoms with Crippen molar-refractivity contribution in [3.63, 3.8) is 0 Å². The van der Waals surface area contributed by atoms with Crippen molar-refractivity contribution in [3.05, 3.63) is 52.6 Å². The van der Waals surface area contributed by atoms with Gasteiger partial charge in [0.05, 0.1) is 10.6 Å². The summed E-state index contributed by atoms with van der Waals surface area (Å²) in [7, 11) is 0. The maximum atomic E-state index is 10.8. The van der Waals surface area contributed by atoms with Gasteiger partial charge in [-0.05, 0) is 30.3 Å². The summed E-state index contributed by atoms with van der Waals surface area (Å²) < 4.78 is 0. The third-order valence-electron chi connectivity index (χ3n) is 3.37. The molecule has 132 valence electrons. The Hall–Kier alpha value is -2.38. The third-order valence-corrected chi connectivity index (χ3v) is 3.70. The molecule has 0 saturated heterocycles. The lowest BCUT2D eigenvalue weighted by molar-refractivity contribution is -0.384. The van der Waals surface area contributed by atoms with Gasteiger partial charge in [0.25, 0.3) is 5.69 Å². The summed E-state index contributed by atoms with van der Waals surface area (Å²) in [6.07, 6.45) is 0. The van der Waals surface area contributed by atoms with Crippen LogP contribution < -0.4 is 4.90 Å². The molecule has 0 fully saturated rings. The summed E-state index contributed by atoms with van der Waals surface area (Å²) >= 11 is 11.6. The van der Waals surface area contributed by atoms with E-state index in [4.69, 9.17) is 23.2 Å². The van der Waals surface area contributed by atoms with Crippen LogP contribution in [0.1, 0.15) is 0 Å². The minimum Gasteiger partial charge on any atom is -0.506 e. The molecule has 1 N–H and O–H groups in total. The zero-order valence-electron chi connectivity index (χ0n) is 13.2. The highest BCUT2D eigenvalue weighted by molar-refractivity contribution is 6.18. The van der Waals surface area contributed by atoms with Crippen LogP contribution in [0.15, 0.2) is 52.7 Å². The molecule has 0 atom stereocenters. The molecule has 0 heterocycles. The first kappa shape index (κ1) is 19.0. The number of benzene rings is 2. The summed E-state index contributed by atoms with van der Waals surface area (Å²) in [4.78, 5) is 12.3. The highest BCUT2D eigenvalue weighted by Crippen LogP contribution is 2.32. The summed E-state index contributed by atoms with van der Waals surface area (Å²) in [5.74, 6) is 0.802. The molecule has 2 aromatic rings. The fourth-order valence-corrected chi connectivity index (χ4v) is 2.53. The van der Waals surface area contributed by atoms with Crippen molar-refractivity contribution >= 4 is 46.0 Å². The Labute approximate surface area is 154 Å². The normalized spacial score (nSPS) is 11.0. The molecule has 0 aliphatic rings. The van der Waals surface area contributed by atoms with E-state index in [1.807, 2.05) is 17.0 Å². The number of hydrogen-bond acceptors (Lipinski definition) is 6. The van der Waals surface area contributed by atoms with Gasteiger partial charge < -0.3 is 10.0 Å². The molecule has 0 unspecified atom stereocenters. The lowest BCUT2D eigenvalue weighted by Gasteiger charge is -2.22. The third kappa shape index (κ3) is 5.30. The Morgan fingerprint density at radius 2 is 1.68 bits per heavy atom. The lowest BCUT2D eigenvalue weighted by atomic mass is 10.2. The summed E-state index contributed by atoms with van der Waals surface area (Å²) in [5, 5.41) is 28.4. The number of phenolic OH excluding ortho intramolecular Hbond substituents is 1. The number of rotatable bonds is 8. The van der Waals surface area contributed by atoms with Gasteiger partial charge >= 0.3 is 0 Å². The van der Waals surface area contributed by atoms with E-state index >= 15 is 0 Å². The van der Waals surface area contributed by atoms with Gasteiger partial charge in [0.1, 0.15) is 11.4 Å².